The Morgan fingerprint density at radius 1 is 1.10 bits per heavy atom. The van der Waals surface area contributed by atoms with Crippen LogP contribution in [0.5, 0.6) is 0 Å². The number of benzene rings is 2. The average Bonchev–Trinajstić information content (AvgIpc) is 3.01. The fraction of sp³-hybridized carbons (Fsp3) is 0.261. The van der Waals surface area contributed by atoms with Crippen molar-refractivity contribution < 1.29 is 4.79 Å². The Morgan fingerprint density at radius 2 is 1.80 bits per heavy atom. The first-order valence-corrected chi connectivity index (χ1v) is 10.7. The lowest BCUT2D eigenvalue weighted by atomic mass is 10.2. The normalized spacial score (nSPS) is 11.4. The minimum atomic E-state index is -0.236. The van der Waals surface area contributed by atoms with Gasteiger partial charge < -0.3 is 5.32 Å². The molecule has 6 nitrogen and oxygen atoms in total. The van der Waals surface area contributed by atoms with Gasteiger partial charge in [0.05, 0.1) is 17.8 Å². The van der Waals surface area contributed by atoms with Crippen LogP contribution in [0, 0.1) is 20.8 Å². The van der Waals surface area contributed by atoms with Gasteiger partial charge >= 0.3 is 0 Å². The average molecular weight is 468 g/mol. The third kappa shape index (κ3) is 4.97. The van der Waals surface area contributed by atoms with Crippen molar-refractivity contribution in [1.82, 2.24) is 15.1 Å². The molecule has 0 aliphatic rings. The molecule has 0 atom stereocenters. The highest BCUT2D eigenvalue weighted by molar-refractivity contribution is 9.10. The number of carbonyl (C=O) groups is 1. The molecule has 0 aliphatic carbocycles. The summed E-state index contributed by atoms with van der Waals surface area (Å²) in [6.45, 7) is 9.33. The predicted molar refractivity (Wildman–Crippen MR) is 125 cm³/mol. The first-order chi connectivity index (χ1) is 14.4. The molecule has 0 spiro atoms. The molecule has 0 radical (unpaired) electrons. The van der Waals surface area contributed by atoms with Crippen molar-refractivity contribution in [2.75, 3.05) is 5.32 Å². The summed E-state index contributed by atoms with van der Waals surface area (Å²) in [5.41, 5.74) is 5.60. The molecule has 2 aromatic carbocycles. The summed E-state index contributed by atoms with van der Waals surface area (Å²) in [7, 11) is 0. The van der Waals surface area contributed by atoms with Crippen LogP contribution in [0.1, 0.15) is 39.8 Å². The van der Waals surface area contributed by atoms with Crippen LogP contribution in [-0.2, 0) is 13.1 Å². The van der Waals surface area contributed by atoms with E-state index in [2.05, 4.69) is 38.6 Å². The van der Waals surface area contributed by atoms with Crippen molar-refractivity contribution in [3.63, 3.8) is 0 Å². The summed E-state index contributed by atoms with van der Waals surface area (Å²) in [4.78, 5) is 17.6. The Hall–Kier alpha value is -2.93. The van der Waals surface area contributed by atoms with Crippen molar-refractivity contribution in [2.24, 2.45) is 4.99 Å². The molecule has 30 heavy (non-hydrogen) atoms. The van der Waals surface area contributed by atoms with Gasteiger partial charge in [-0.1, -0.05) is 30.3 Å². The maximum atomic E-state index is 12.9. The number of halogens is 1. The number of hydrogen-bond acceptors (Lipinski definition) is 3. The van der Waals surface area contributed by atoms with E-state index < -0.39 is 0 Å². The quantitative estimate of drug-likeness (QED) is 0.410. The topological polar surface area (TPSA) is 71.3 Å². The van der Waals surface area contributed by atoms with Crippen molar-refractivity contribution in [2.45, 2.75) is 40.8 Å². The highest BCUT2D eigenvalue weighted by Crippen LogP contribution is 2.18. The first-order valence-electron chi connectivity index (χ1n) is 9.86. The zero-order chi connectivity index (χ0) is 21.7. The lowest BCUT2D eigenvalue weighted by Gasteiger charge is -2.14. The number of guanidine groups is 1. The van der Waals surface area contributed by atoms with Gasteiger partial charge in [0.1, 0.15) is 0 Å². The van der Waals surface area contributed by atoms with E-state index in [1.165, 1.54) is 0 Å². The van der Waals surface area contributed by atoms with Gasteiger partial charge in [-0.05, 0) is 67.4 Å². The highest BCUT2D eigenvalue weighted by atomic mass is 79.9. The monoisotopic (exact) mass is 467 g/mol. The molecule has 1 heterocycles. The number of nitrogens with zero attached hydrogens (tertiary/aromatic N) is 3. The first kappa shape index (κ1) is 21.8. The Bertz CT molecular complexity index is 1090. The van der Waals surface area contributed by atoms with Gasteiger partial charge in [-0.3, -0.25) is 14.8 Å². The number of aromatic nitrogens is 2. The standard InChI is InChI=1S/C23H26BrN5O/c1-5-29-17(4)19(16(3)28-29)14-25-23(26-21-13-9-6-10-15(21)2)27-22(30)18-11-7-8-12-20(18)24/h6-13H,5,14H2,1-4H3,(H2,25,26,27,30). The van der Waals surface area contributed by atoms with Crippen molar-refractivity contribution in [1.29, 1.82) is 0 Å². The number of aliphatic imine (C=N–C) groups is 1. The van der Waals surface area contributed by atoms with Gasteiger partial charge in [0, 0.05) is 28.0 Å². The lowest BCUT2D eigenvalue weighted by molar-refractivity contribution is 0.0976. The van der Waals surface area contributed by atoms with E-state index in [-0.39, 0.29) is 5.91 Å². The summed E-state index contributed by atoms with van der Waals surface area (Å²) in [5.74, 6) is 0.160. The van der Waals surface area contributed by atoms with Crippen molar-refractivity contribution in [3.8, 4) is 0 Å². The molecule has 0 saturated heterocycles. The van der Waals surface area contributed by atoms with Crippen LogP contribution in [0.15, 0.2) is 58.0 Å². The van der Waals surface area contributed by atoms with E-state index >= 15 is 0 Å². The number of hydrogen-bond donors (Lipinski definition) is 2. The summed E-state index contributed by atoms with van der Waals surface area (Å²) < 4.78 is 2.70. The predicted octanol–water partition coefficient (Wildman–Crippen LogP) is 4.99. The molecule has 3 aromatic rings. The molecule has 1 aromatic heterocycles. The number of amides is 1. The SMILES string of the molecule is CCn1nc(C)c(CN=C(NC(=O)c2ccccc2Br)Nc2ccccc2C)c1C. The van der Waals surface area contributed by atoms with Crippen LogP contribution >= 0.6 is 15.9 Å². The number of nitrogens with one attached hydrogen (secondary N) is 2. The second-order valence-corrected chi connectivity index (χ2v) is 7.86. The van der Waals surface area contributed by atoms with Crippen LogP contribution in [0.25, 0.3) is 0 Å². The molecule has 0 aliphatic heterocycles. The Morgan fingerprint density at radius 3 is 2.47 bits per heavy atom. The van der Waals surface area contributed by atoms with E-state index in [0.717, 1.165) is 39.2 Å². The molecular weight excluding hydrogens is 442 g/mol. The number of aryl methyl sites for hydroxylation is 3. The summed E-state index contributed by atoms with van der Waals surface area (Å²) in [6.07, 6.45) is 0. The van der Waals surface area contributed by atoms with Gasteiger partial charge in [-0.2, -0.15) is 5.10 Å². The zero-order valence-electron chi connectivity index (χ0n) is 17.7. The molecule has 0 saturated carbocycles. The van der Waals surface area contributed by atoms with Gasteiger partial charge in [-0.15, -0.1) is 0 Å². The Kier molecular flexibility index (Phi) is 7.05. The molecule has 1 amide bonds. The van der Waals surface area contributed by atoms with Gasteiger partial charge in [-0.25, -0.2) is 4.99 Å². The number of anilines is 1. The minimum absolute atomic E-state index is 0.236. The van der Waals surface area contributed by atoms with Gasteiger partial charge in [0.25, 0.3) is 5.91 Å². The van der Waals surface area contributed by atoms with Crippen molar-refractivity contribution in [3.05, 3.63) is 81.1 Å². The number of rotatable bonds is 5. The van der Waals surface area contributed by atoms with Crippen LogP contribution < -0.4 is 10.6 Å². The van der Waals surface area contributed by atoms with Crippen LogP contribution in [0.3, 0.4) is 0 Å². The zero-order valence-corrected chi connectivity index (χ0v) is 19.2. The highest BCUT2D eigenvalue weighted by Gasteiger charge is 2.14. The number of para-hydroxylation sites is 1. The smallest absolute Gasteiger partial charge is 0.259 e. The molecule has 156 valence electrons. The van der Waals surface area contributed by atoms with Crippen LogP contribution in [-0.4, -0.2) is 21.6 Å². The van der Waals surface area contributed by atoms with E-state index in [1.54, 1.807) is 6.07 Å². The van der Waals surface area contributed by atoms with Crippen molar-refractivity contribution >= 4 is 33.5 Å². The molecule has 0 unspecified atom stereocenters. The molecule has 0 fully saturated rings. The maximum Gasteiger partial charge on any atom is 0.259 e. The Balaban J connectivity index is 1.90. The third-order valence-electron chi connectivity index (χ3n) is 4.97. The van der Waals surface area contributed by atoms with Crippen LogP contribution in [0.2, 0.25) is 0 Å². The molecule has 2 N–H and O–H groups in total. The van der Waals surface area contributed by atoms with Gasteiger partial charge in [0.2, 0.25) is 5.96 Å². The van der Waals surface area contributed by atoms with E-state index in [9.17, 15) is 4.79 Å². The summed E-state index contributed by atoms with van der Waals surface area (Å²) in [6, 6.07) is 15.2. The van der Waals surface area contributed by atoms with Crippen LogP contribution in [0.4, 0.5) is 5.69 Å². The third-order valence-corrected chi connectivity index (χ3v) is 5.67. The fourth-order valence-corrected chi connectivity index (χ4v) is 3.66. The minimum Gasteiger partial charge on any atom is -0.326 e. The van der Waals surface area contributed by atoms with E-state index in [0.29, 0.717) is 18.1 Å². The maximum absolute atomic E-state index is 12.9. The Labute approximate surface area is 185 Å². The summed E-state index contributed by atoms with van der Waals surface area (Å²) >= 11 is 3.44. The van der Waals surface area contributed by atoms with E-state index in [4.69, 9.17) is 4.99 Å². The number of carbonyl (C=O) groups excluding carboxylic acids is 1. The lowest BCUT2D eigenvalue weighted by Crippen LogP contribution is -2.36. The second-order valence-electron chi connectivity index (χ2n) is 7.00. The van der Waals surface area contributed by atoms with Gasteiger partial charge in [0.15, 0.2) is 0 Å². The van der Waals surface area contributed by atoms with E-state index in [1.807, 2.05) is 67.9 Å². The molecule has 3 rings (SSSR count). The molecular formula is C23H26BrN5O. The largest absolute Gasteiger partial charge is 0.326 e. The second kappa shape index (κ2) is 9.71. The molecule has 0 bridgehead atoms. The summed E-state index contributed by atoms with van der Waals surface area (Å²) in [5, 5.41) is 10.8. The molecule has 7 heteroatoms. The fourth-order valence-electron chi connectivity index (χ4n) is 3.20.